The van der Waals surface area contributed by atoms with Crippen LogP contribution in [0.2, 0.25) is 0 Å². The molecule has 0 bridgehead atoms. The third-order valence-corrected chi connectivity index (χ3v) is 5.85. The van der Waals surface area contributed by atoms with E-state index in [2.05, 4.69) is 59.2 Å². The lowest BCUT2D eigenvalue weighted by atomic mass is 9.78. The fraction of sp³-hybridized carbons (Fsp3) is 0.500. The first-order valence-corrected chi connectivity index (χ1v) is 10.0. The smallest absolute Gasteiger partial charge is 0.132 e. The Bertz CT molecular complexity index is 695. The van der Waals surface area contributed by atoms with Gasteiger partial charge in [0.25, 0.3) is 0 Å². The molecule has 4 nitrogen and oxygen atoms in total. The van der Waals surface area contributed by atoms with Crippen LogP contribution in [0.15, 0.2) is 35.2 Å². The molecule has 1 aliphatic rings. The predicted molar refractivity (Wildman–Crippen MR) is 107 cm³/mol. The molecule has 2 aromatic rings. The van der Waals surface area contributed by atoms with E-state index in [4.69, 9.17) is 5.73 Å². The number of anilines is 1. The van der Waals surface area contributed by atoms with Crippen molar-refractivity contribution in [2.24, 2.45) is 5.73 Å². The second-order valence-corrected chi connectivity index (χ2v) is 8.23. The van der Waals surface area contributed by atoms with Crippen molar-refractivity contribution in [3.8, 4) is 0 Å². The van der Waals surface area contributed by atoms with E-state index < -0.39 is 0 Å². The highest BCUT2D eigenvalue weighted by atomic mass is 32.2. The van der Waals surface area contributed by atoms with Crippen molar-refractivity contribution in [1.82, 2.24) is 9.97 Å². The number of aromatic nitrogens is 2. The fourth-order valence-corrected chi connectivity index (χ4v) is 3.96. The van der Waals surface area contributed by atoms with Gasteiger partial charge < -0.3 is 10.6 Å². The third kappa shape index (κ3) is 4.95. The lowest BCUT2D eigenvalue weighted by Crippen LogP contribution is -2.35. The number of nitrogens with zero attached hydrogens (tertiary/aromatic N) is 3. The molecule has 0 spiro atoms. The molecule has 0 radical (unpaired) electrons. The largest absolute Gasteiger partial charge is 0.360 e. The van der Waals surface area contributed by atoms with Crippen LogP contribution in [0.25, 0.3) is 0 Å². The fourth-order valence-electron chi connectivity index (χ4n) is 3.12. The molecular weight excluding hydrogens is 328 g/mol. The summed E-state index contributed by atoms with van der Waals surface area (Å²) in [7, 11) is 2.12. The van der Waals surface area contributed by atoms with Gasteiger partial charge in [-0.05, 0) is 51.0 Å². The van der Waals surface area contributed by atoms with Gasteiger partial charge in [0, 0.05) is 42.2 Å². The normalized spacial score (nSPS) is 19.5. The van der Waals surface area contributed by atoms with Gasteiger partial charge in [-0.25, -0.2) is 9.97 Å². The molecule has 1 aliphatic carbocycles. The zero-order valence-corrected chi connectivity index (χ0v) is 16.2. The van der Waals surface area contributed by atoms with Crippen LogP contribution in [0, 0.1) is 13.8 Å². The molecule has 0 atom stereocenters. The van der Waals surface area contributed by atoms with E-state index in [0.717, 1.165) is 48.9 Å². The van der Waals surface area contributed by atoms with Crippen LogP contribution in [0.4, 0.5) is 5.82 Å². The van der Waals surface area contributed by atoms with E-state index in [0.29, 0.717) is 12.0 Å². The van der Waals surface area contributed by atoms with Gasteiger partial charge in [0.1, 0.15) is 11.6 Å². The molecule has 25 heavy (non-hydrogen) atoms. The van der Waals surface area contributed by atoms with Gasteiger partial charge in [0.2, 0.25) is 0 Å². The molecule has 1 heterocycles. The van der Waals surface area contributed by atoms with Gasteiger partial charge in [-0.2, -0.15) is 0 Å². The van der Waals surface area contributed by atoms with Crippen molar-refractivity contribution in [2.45, 2.75) is 50.0 Å². The Balaban J connectivity index is 1.50. The third-order valence-electron chi connectivity index (χ3n) is 4.76. The Morgan fingerprint density at radius 2 is 1.88 bits per heavy atom. The first kappa shape index (κ1) is 18.2. The van der Waals surface area contributed by atoms with E-state index in [1.54, 1.807) is 0 Å². The van der Waals surface area contributed by atoms with Crippen LogP contribution in [-0.2, 0) is 0 Å². The molecule has 1 saturated carbocycles. The number of nitrogens with two attached hydrogens (primary N) is 1. The van der Waals surface area contributed by atoms with Crippen molar-refractivity contribution >= 4 is 17.6 Å². The van der Waals surface area contributed by atoms with Crippen molar-refractivity contribution in [1.29, 1.82) is 0 Å². The zero-order chi connectivity index (χ0) is 17.8. The van der Waals surface area contributed by atoms with Gasteiger partial charge in [-0.1, -0.05) is 17.7 Å². The minimum absolute atomic E-state index is 0.347. The number of rotatable bonds is 7. The molecule has 5 heteroatoms. The summed E-state index contributed by atoms with van der Waals surface area (Å²) in [4.78, 5) is 12.8. The SMILES string of the molecule is Cc1ccc(SCCCN(C)c2cc(C3CC(N)C3)nc(C)n2)cc1. The first-order valence-electron chi connectivity index (χ1n) is 9.03. The van der Waals surface area contributed by atoms with Crippen LogP contribution in [0.1, 0.15) is 42.3 Å². The Labute approximate surface area is 155 Å². The van der Waals surface area contributed by atoms with E-state index >= 15 is 0 Å². The van der Waals surface area contributed by atoms with E-state index in [-0.39, 0.29) is 0 Å². The molecule has 0 amide bonds. The van der Waals surface area contributed by atoms with Crippen LogP contribution in [0.5, 0.6) is 0 Å². The van der Waals surface area contributed by atoms with Crippen molar-refractivity contribution in [2.75, 3.05) is 24.2 Å². The molecular formula is C20H28N4S. The Kier molecular flexibility index (Phi) is 5.97. The number of aryl methyl sites for hydroxylation is 2. The minimum Gasteiger partial charge on any atom is -0.360 e. The molecule has 0 aliphatic heterocycles. The molecule has 3 rings (SSSR count). The summed E-state index contributed by atoms with van der Waals surface area (Å²) in [5.74, 6) is 3.51. The number of benzene rings is 1. The average Bonchev–Trinajstić information content (AvgIpc) is 2.56. The number of thioether (sulfide) groups is 1. The van der Waals surface area contributed by atoms with E-state index in [1.165, 1.54) is 10.5 Å². The predicted octanol–water partition coefficient (Wildman–Crippen LogP) is 3.92. The Hall–Kier alpha value is -1.59. The number of hydrogen-bond acceptors (Lipinski definition) is 5. The maximum Gasteiger partial charge on any atom is 0.132 e. The second-order valence-electron chi connectivity index (χ2n) is 7.06. The summed E-state index contributed by atoms with van der Waals surface area (Å²) in [5, 5.41) is 0. The lowest BCUT2D eigenvalue weighted by Gasteiger charge is -2.32. The topological polar surface area (TPSA) is 55.0 Å². The summed E-state index contributed by atoms with van der Waals surface area (Å²) < 4.78 is 0. The molecule has 0 saturated heterocycles. The summed E-state index contributed by atoms with van der Waals surface area (Å²) in [6.45, 7) is 5.10. The molecule has 2 N–H and O–H groups in total. The summed E-state index contributed by atoms with van der Waals surface area (Å²) in [6.07, 6.45) is 3.22. The molecule has 1 aromatic carbocycles. The molecule has 1 fully saturated rings. The van der Waals surface area contributed by atoms with Crippen LogP contribution in [0.3, 0.4) is 0 Å². The standard InChI is InChI=1S/C20H28N4S/c1-14-5-7-18(8-6-14)25-10-4-9-24(3)20-13-19(22-15(2)23-20)16-11-17(21)12-16/h5-8,13,16-17H,4,9-12,21H2,1-3H3. The average molecular weight is 357 g/mol. The van der Waals surface area contributed by atoms with Crippen LogP contribution >= 0.6 is 11.8 Å². The van der Waals surface area contributed by atoms with Crippen molar-refractivity contribution < 1.29 is 0 Å². The monoisotopic (exact) mass is 356 g/mol. The van der Waals surface area contributed by atoms with Crippen molar-refractivity contribution in [3.05, 3.63) is 47.4 Å². The molecule has 134 valence electrons. The van der Waals surface area contributed by atoms with Gasteiger partial charge in [0.15, 0.2) is 0 Å². The molecule has 0 unspecified atom stereocenters. The lowest BCUT2D eigenvalue weighted by molar-refractivity contribution is 0.344. The Morgan fingerprint density at radius 3 is 2.56 bits per heavy atom. The van der Waals surface area contributed by atoms with E-state index in [1.807, 2.05) is 18.7 Å². The maximum atomic E-state index is 5.92. The van der Waals surface area contributed by atoms with E-state index in [9.17, 15) is 0 Å². The van der Waals surface area contributed by atoms with Gasteiger partial charge in [0.05, 0.1) is 0 Å². The summed E-state index contributed by atoms with van der Waals surface area (Å²) >= 11 is 1.92. The zero-order valence-electron chi connectivity index (χ0n) is 15.4. The van der Waals surface area contributed by atoms with Gasteiger partial charge >= 0.3 is 0 Å². The highest BCUT2D eigenvalue weighted by molar-refractivity contribution is 7.99. The minimum atomic E-state index is 0.347. The second kappa shape index (κ2) is 8.19. The van der Waals surface area contributed by atoms with Gasteiger partial charge in [-0.15, -0.1) is 11.8 Å². The summed E-state index contributed by atoms with van der Waals surface area (Å²) in [5.41, 5.74) is 8.39. The highest BCUT2D eigenvalue weighted by Crippen LogP contribution is 2.35. The van der Waals surface area contributed by atoms with Crippen molar-refractivity contribution in [3.63, 3.8) is 0 Å². The highest BCUT2D eigenvalue weighted by Gasteiger charge is 2.29. The summed E-state index contributed by atoms with van der Waals surface area (Å²) in [6, 6.07) is 11.2. The molecule has 1 aromatic heterocycles. The first-order chi connectivity index (χ1) is 12.0. The van der Waals surface area contributed by atoms with Crippen LogP contribution in [-0.4, -0.2) is 35.4 Å². The van der Waals surface area contributed by atoms with Crippen LogP contribution < -0.4 is 10.6 Å². The maximum absolute atomic E-state index is 5.92. The number of hydrogen-bond donors (Lipinski definition) is 1. The quantitative estimate of drug-likeness (QED) is 0.602. The van der Waals surface area contributed by atoms with Gasteiger partial charge in [-0.3, -0.25) is 0 Å². The Morgan fingerprint density at radius 1 is 1.16 bits per heavy atom.